The number of rotatable bonds is 6. The first-order chi connectivity index (χ1) is 11.9. The Morgan fingerprint density at radius 2 is 1.72 bits per heavy atom. The summed E-state index contributed by atoms with van der Waals surface area (Å²) in [5, 5.41) is 8.11. The van der Waals surface area contributed by atoms with Crippen molar-refractivity contribution in [1.29, 1.82) is 0 Å². The second-order valence-electron chi connectivity index (χ2n) is 5.76. The van der Waals surface area contributed by atoms with Gasteiger partial charge in [-0.25, -0.2) is 4.79 Å². The predicted molar refractivity (Wildman–Crippen MR) is 99.2 cm³/mol. The Hall–Kier alpha value is -3.02. The molecule has 0 atom stereocenters. The monoisotopic (exact) mass is 341 g/mol. The van der Waals surface area contributed by atoms with Gasteiger partial charge in [0.05, 0.1) is 6.54 Å². The van der Waals surface area contributed by atoms with Gasteiger partial charge in [-0.3, -0.25) is 4.79 Å². The van der Waals surface area contributed by atoms with Crippen LogP contribution >= 0.6 is 0 Å². The molecule has 0 saturated carbocycles. The number of nitrogens with one attached hydrogen (secondary N) is 3. The largest absolute Gasteiger partial charge is 0.491 e. The highest BCUT2D eigenvalue weighted by Crippen LogP contribution is 2.18. The van der Waals surface area contributed by atoms with Crippen LogP contribution in [0.25, 0.3) is 0 Å². The molecule has 0 bridgehead atoms. The van der Waals surface area contributed by atoms with Crippen molar-refractivity contribution in [2.75, 3.05) is 23.8 Å². The molecule has 0 saturated heterocycles. The molecule has 0 heterocycles. The highest BCUT2D eigenvalue weighted by atomic mass is 16.5. The number of aryl methyl sites for hydroxylation is 2. The summed E-state index contributed by atoms with van der Waals surface area (Å²) in [6.07, 6.45) is 0. The van der Waals surface area contributed by atoms with Crippen molar-refractivity contribution in [3.05, 3.63) is 53.6 Å². The Morgan fingerprint density at radius 1 is 1.00 bits per heavy atom. The molecule has 2 aromatic rings. The van der Waals surface area contributed by atoms with Crippen LogP contribution in [0, 0.1) is 13.8 Å². The van der Waals surface area contributed by atoms with Gasteiger partial charge in [-0.05, 0) is 43.7 Å². The van der Waals surface area contributed by atoms with Gasteiger partial charge in [-0.15, -0.1) is 0 Å². The number of carbonyl (C=O) groups is 2. The summed E-state index contributed by atoms with van der Waals surface area (Å²) in [6, 6.07) is 12.6. The predicted octanol–water partition coefficient (Wildman–Crippen LogP) is 3.46. The van der Waals surface area contributed by atoms with Crippen molar-refractivity contribution in [2.45, 2.75) is 20.8 Å². The molecular weight excluding hydrogens is 318 g/mol. The molecule has 0 spiro atoms. The smallest absolute Gasteiger partial charge is 0.319 e. The Labute approximate surface area is 147 Å². The summed E-state index contributed by atoms with van der Waals surface area (Å²) in [7, 11) is 0. The lowest BCUT2D eigenvalue weighted by molar-refractivity contribution is -0.114. The minimum Gasteiger partial charge on any atom is -0.491 e. The zero-order valence-electron chi connectivity index (χ0n) is 14.7. The molecule has 0 unspecified atom stereocenters. The van der Waals surface area contributed by atoms with E-state index in [1.165, 1.54) is 12.5 Å². The number of hydrogen-bond acceptors (Lipinski definition) is 3. The van der Waals surface area contributed by atoms with Crippen LogP contribution in [-0.2, 0) is 4.79 Å². The Balaban J connectivity index is 1.76. The Kier molecular flexibility index (Phi) is 6.39. The fraction of sp³-hybridized carbons (Fsp3) is 0.263. The van der Waals surface area contributed by atoms with E-state index in [4.69, 9.17) is 4.74 Å². The fourth-order valence-electron chi connectivity index (χ4n) is 2.34. The maximum Gasteiger partial charge on any atom is 0.319 e. The van der Waals surface area contributed by atoms with Gasteiger partial charge in [0.15, 0.2) is 0 Å². The molecule has 0 fully saturated rings. The van der Waals surface area contributed by atoms with Crippen molar-refractivity contribution in [3.8, 4) is 5.75 Å². The van der Waals surface area contributed by atoms with E-state index >= 15 is 0 Å². The highest BCUT2D eigenvalue weighted by molar-refractivity contribution is 5.92. The lowest BCUT2D eigenvalue weighted by atomic mass is 10.1. The zero-order chi connectivity index (χ0) is 18.2. The highest BCUT2D eigenvalue weighted by Gasteiger charge is 2.04. The number of ether oxygens (including phenoxy) is 1. The van der Waals surface area contributed by atoms with Crippen LogP contribution in [0.15, 0.2) is 42.5 Å². The van der Waals surface area contributed by atoms with Crippen molar-refractivity contribution < 1.29 is 14.3 Å². The van der Waals surface area contributed by atoms with E-state index in [0.29, 0.717) is 24.5 Å². The molecule has 25 heavy (non-hydrogen) atoms. The fourth-order valence-corrected chi connectivity index (χ4v) is 2.34. The molecule has 2 aromatic carbocycles. The summed E-state index contributed by atoms with van der Waals surface area (Å²) in [4.78, 5) is 23.0. The van der Waals surface area contributed by atoms with Crippen LogP contribution in [0.3, 0.4) is 0 Å². The first kappa shape index (κ1) is 18.3. The molecule has 6 heteroatoms. The lowest BCUT2D eigenvalue weighted by Crippen LogP contribution is -2.32. The molecule has 2 rings (SSSR count). The van der Waals surface area contributed by atoms with Crippen molar-refractivity contribution in [3.63, 3.8) is 0 Å². The van der Waals surface area contributed by atoms with E-state index in [9.17, 15) is 9.59 Å². The molecular formula is C19H23N3O3. The van der Waals surface area contributed by atoms with Crippen molar-refractivity contribution in [2.24, 2.45) is 0 Å². The maximum absolute atomic E-state index is 11.9. The van der Waals surface area contributed by atoms with Gasteiger partial charge >= 0.3 is 6.03 Å². The molecule has 132 valence electrons. The van der Waals surface area contributed by atoms with E-state index in [-0.39, 0.29) is 11.9 Å². The number of urea groups is 1. The van der Waals surface area contributed by atoms with Crippen LogP contribution in [-0.4, -0.2) is 25.1 Å². The van der Waals surface area contributed by atoms with E-state index in [1.54, 1.807) is 24.3 Å². The van der Waals surface area contributed by atoms with Gasteiger partial charge in [0.1, 0.15) is 12.4 Å². The SMILES string of the molecule is CC(=O)Nc1cccc(NC(=O)NCCOc2ccc(C)cc2C)c1. The minimum atomic E-state index is -0.329. The summed E-state index contributed by atoms with van der Waals surface area (Å²) in [6.45, 7) is 6.21. The van der Waals surface area contributed by atoms with Crippen molar-refractivity contribution in [1.82, 2.24) is 5.32 Å². The first-order valence-corrected chi connectivity index (χ1v) is 8.06. The van der Waals surface area contributed by atoms with E-state index in [1.807, 2.05) is 26.0 Å². The lowest BCUT2D eigenvalue weighted by Gasteiger charge is -2.11. The molecule has 0 aromatic heterocycles. The molecule has 0 radical (unpaired) electrons. The van der Waals surface area contributed by atoms with E-state index in [2.05, 4.69) is 22.0 Å². The van der Waals surface area contributed by atoms with Gasteiger partial charge in [-0.1, -0.05) is 23.8 Å². The quantitative estimate of drug-likeness (QED) is 0.704. The van der Waals surface area contributed by atoms with Crippen LogP contribution in [0.2, 0.25) is 0 Å². The molecule has 6 nitrogen and oxygen atoms in total. The third-order valence-electron chi connectivity index (χ3n) is 3.42. The van der Waals surface area contributed by atoms with Gasteiger partial charge in [0, 0.05) is 18.3 Å². The molecule has 3 amide bonds. The minimum absolute atomic E-state index is 0.162. The van der Waals surface area contributed by atoms with Crippen LogP contribution < -0.4 is 20.7 Å². The second-order valence-corrected chi connectivity index (χ2v) is 5.76. The average Bonchev–Trinajstić information content (AvgIpc) is 2.53. The Morgan fingerprint density at radius 3 is 2.40 bits per heavy atom. The number of amides is 3. The molecule has 0 aliphatic carbocycles. The van der Waals surface area contributed by atoms with Gasteiger partial charge in [-0.2, -0.15) is 0 Å². The number of benzene rings is 2. The third-order valence-corrected chi connectivity index (χ3v) is 3.42. The van der Waals surface area contributed by atoms with Crippen molar-refractivity contribution >= 4 is 23.3 Å². The standard InChI is InChI=1S/C19H23N3O3/c1-13-7-8-18(14(2)11-13)25-10-9-20-19(24)22-17-6-4-5-16(12-17)21-15(3)23/h4-8,11-12H,9-10H2,1-3H3,(H,21,23)(H2,20,22,24). The van der Waals surface area contributed by atoms with E-state index in [0.717, 1.165) is 11.3 Å². The maximum atomic E-state index is 11.9. The topological polar surface area (TPSA) is 79.5 Å². The summed E-state index contributed by atoms with van der Waals surface area (Å²) >= 11 is 0. The zero-order valence-corrected chi connectivity index (χ0v) is 14.7. The van der Waals surface area contributed by atoms with Gasteiger partial charge in [0.25, 0.3) is 0 Å². The average molecular weight is 341 g/mol. The normalized spacial score (nSPS) is 10.0. The second kappa shape index (κ2) is 8.73. The summed E-state index contributed by atoms with van der Waals surface area (Å²) < 4.78 is 5.67. The first-order valence-electron chi connectivity index (χ1n) is 8.06. The third kappa shape index (κ3) is 6.18. The van der Waals surface area contributed by atoms with E-state index < -0.39 is 0 Å². The van der Waals surface area contributed by atoms with Crippen LogP contribution in [0.4, 0.5) is 16.2 Å². The van der Waals surface area contributed by atoms with Gasteiger partial charge in [0.2, 0.25) is 5.91 Å². The number of carbonyl (C=O) groups excluding carboxylic acids is 2. The number of hydrogen-bond donors (Lipinski definition) is 3. The Bertz CT molecular complexity index is 759. The summed E-state index contributed by atoms with van der Waals surface area (Å²) in [5.74, 6) is 0.654. The van der Waals surface area contributed by atoms with Gasteiger partial charge < -0.3 is 20.7 Å². The summed E-state index contributed by atoms with van der Waals surface area (Å²) in [5.41, 5.74) is 3.48. The molecule has 3 N–H and O–H groups in total. The number of anilines is 2. The van der Waals surface area contributed by atoms with Crippen LogP contribution in [0.1, 0.15) is 18.1 Å². The molecule has 0 aliphatic rings. The van der Waals surface area contributed by atoms with Crippen LogP contribution in [0.5, 0.6) is 5.75 Å². The molecule has 0 aliphatic heterocycles.